The number of Topliss-reactive ketones (excluding diaryl/α,β-unsaturated/α-hetero) is 1. The van der Waals surface area contributed by atoms with Crippen molar-refractivity contribution >= 4 is 5.78 Å². The second-order valence-corrected chi connectivity index (χ2v) is 3.73. The SMILES string of the molecule is C/C=C/CCC(=O)[C@H](O)[C@H](O)CC/C=C/C. The molecule has 92 valence electrons. The lowest BCUT2D eigenvalue weighted by atomic mass is 10.0. The highest BCUT2D eigenvalue weighted by Crippen LogP contribution is 2.07. The minimum atomic E-state index is -1.24. The molecule has 2 atom stereocenters. The molecule has 0 aliphatic rings. The molecule has 0 saturated heterocycles. The van der Waals surface area contributed by atoms with E-state index >= 15 is 0 Å². The normalized spacial score (nSPS) is 15.8. The number of hydrogen-bond acceptors (Lipinski definition) is 3. The molecule has 0 heterocycles. The molecule has 0 rings (SSSR count). The van der Waals surface area contributed by atoms with Crippen LogP contribution in [0.4, 0.5) is 0 Å². The van der Waals surface area contributed by atoms with Crippen LogP contribution in [-0.2, 0) is 4.79 Å². The molecule has 0 fully saturated rings. The average Bonchev–Trinajstić information content (AvgIpc) is 2.28. The Balaban J connectivity index is 3.90. The largest absolute Gasteiger partial charge is 0.390 e. The Bertz CT molecular complexity index is 244. The third-order valence-corrected chi connectivity index (χ3v) is 2.35. The van der Waals surface area contributed by atoms with Gasteiger partial charge < -0.3 is 10.2 Å². The van der Waals surface area contributed by atoms with Gasteiger partial charge >= 0.3 is 0 Å². The summed E-state index contributed by atoms with van der Waals surface area (Å²) in [5.74, 6) is -0.286. The van der Waals surface area contributed by atoms with E-state index in [-0.39, 0.29) is 12.2 Å². The molecule has 0 aromatic heterocycles. The minimum Gasteiger partial charge on any atom is -0.390 e. The van der Waals surface area contributed by atoms with Crippen molar-refractivity contribution < 1.29 is 15.0 Å². The quantitative estimate of drug-likeness (QED) is 0.622. The zero-order valence-corrected chi connectivity index (χ0v) is 10.1. The highest BCUT2D eigenvalue weighted by Gasteiger charge is 2.22. The van der Waals surface area contributed by atoms with Gasteiger partial charge in [-0.1, -0.05) is 24.3 Å². The van der Waals surface area contributed by atoms with Crippen LogP contribution in [-0.4, -0.2) is 28.2 Å². The van der Waals surface area contributed by atoms with Crippen molar-refractivity contribution in [2.75, 3.05) is 0 Å². The molecule has 0 spiro atoms. The van der Waals surface area contributed by atoms with E-state index in [1.165, 1.54) is 0 Å². The van der Waals surface area contributed by atoms with Crippen molar-refractivity contribution in [2.45, 2.75) is 51.7 Å². The number of ketones is 1. The fourth-order valence-corrected chi connectivity index (χ4v) is 1.35. The van der Waals surface area contributed by atoms with Crippen molar-refractivity contribution in [3.63, 3.8) is 0 Å². The topological polar surface area (TPSA) is 57.5 Å². The van der Waals surface area contributed by atoms with Crippen LogP contribution in [0.15, 0.2) is 24.3 Å². The summed E-state index contributed by atoms with van der Waals surface area (Å²) in [6.45, 7) is 3.78. The Morgan fingerprint density at radius 1 is 1.12 bits per heavy atom. The van der Waals surface area contributed by atoms with Crippen LogP contribution in [0.1, 0.15) is 39.5 Å². The standard InChI is InChI=1S/C13H22O3/c1-3-5-7-9-11(14)13(16)12(15)10-8-6-4-2/h3-6,11,13-14,16H,7-10H2,1-2H3/b5-3+,6-4+/t11-,13-/m1/s1. The summed E-state index contributed by atoms with van der Waals surface area (Å²) in [6.07, 6.45) is 7.33. The molecule has 3 nitrogen and oxygen atoms in total. The number of allylic oxidation sites excluding steroid dienone is 4. The molecule has 0 aromatic rings. The molecule has 0 radical (unpaired) electrons. The van der Waals surface area contributed by atoms with Gasteiger partial charge in [0.05, 0.1) is 6.10 Å². The number of carbonyl (C=O) groups is 1. The lowest BCUT2D eigenvalue weighted by molar-refractivity contribution is -0.132. The predicted octanol–water partition coefficient (Wildman–Crippen LogP) is 1.99. The van der Waals surface area contributed by atoms with E-state index in [9.17, 15) is 15.0 Å². The van der Waals surface area contributed by atoms with E-state index in [0.717, 1.165) is 0 Å². The fourth-order valence-electron chi connectivity index (χ4n) is 1.35. The van der Waals surface area contributed by atoms with Gasteiger partial charge in [-0.3, -0.25) is 4.79 Å². The summed E-state index contributed by atoms with van der Waals surface area (Å²) in [6, 6.07) is 0. The predicted molar refractivity (Wildman–Crippen MR) is 65.1 cm³/mol. The fraction of sp³-hybridized carbons (Fsp3) is 0.615. The Morgan fingerprint density at radius 2 is 1.69 bits per heavy atom. The Morgan fingerprint density at radius 3 is 2.25 bits per heavy atom. The van der Waals surface area contributed by atoms with Crippen LogP contribution in [0.25, 0.3) is 0 Å². The van der Waals surface area contributed by atoms with E-state index in [4.69, 9.17) is 0 Å². The first kappa shape index (κ1) is 15.1. The molecule has 0 amide bonds. The number of carbonyl (C=O) groups excluding carboxylic acids is 1. The second kappa shape index (κ2) is 9.31. The summed E-state index contributed by atoms with van der Waals surface area (Å²) in [5, 5.41) is 19.1. The zero-order valence-electron chi connectivity index (χ0n) is 10.1. The molecule has 0 saturated carbocycles. The summed E-state index contributed by atoms with van der Waals surface area (Å²) in [7, 11) is 0. The van der Waals surface area contributed by atoms with E-state index in [0.29, 0.717) is 19.3 Å². The third kappa shape index (κ3) is 6.53. The van der Waals surface area contributed by atoms with Crippen molar-refractivity contribution in [3.8, 4) is 0 Å². The van der Waals surface area contributed by atoms with Gasteiger partial charge in [-0.05, 0) is 33.1 Å². The molecule has 0 aliphatic carbocycles. The Kier molecular flexibility index (Phi) is 8.77. The van der Waals surface area contributed by atoms with Crippen LogP contribution in [0.2, 0.25) is 0 Å². The van der Waals surface area contributed by atoms with Crippen LogP contribution >= 0.6 is 0 Å². The molecule has 0 unspecified atom stereocenters. The molecular weight excluding hydrogens is 204 g/mol. The van der Waals surface area contributed by atoms with E-state index in [1.54, 1.807) is 0 Å². The molecule has 2 N–H and O–H groups in total. The first-order valence-electron chi connectivity index (χ1n) is 5.74. The molecular formula is C13H22O3. The molecule has 0 aliphatic heterocycles. The van der Waals surface area contributed by atoms with Gasteiger partial charge in [0.25, 0.3) is 0 Å². The summed E-state index contributed by atoms with van der Waals surface area (Å²) < 4.78 is 0. The first-order valence-corrected chi connectivity index (χ1v) is 5.74. The van der Waals surface area contributed by atoms with Crippen molar-refractivity contribution in [1.82, 2.24) is 0 Å². The van der Waals surface area contributed by atoms with Gasteiger partial charge in [-0.25, -0.2) is 0 Å². The smallest absolute Gasteiger partial charge is 0.164 e. The van der Waals surface area contributed by atoms with Gasteiger partial charge in [-0.2, -0.15) is 0 Å². The van der Waals surface area contributed by atoms with Crippen molar-refractivity contribution in [1.29, 1.82) is 0 Å². The molecule has 0 bridgehead atoms. The maximum Gasteiger partial charge on any atom is 0.164 e. The highest BCUT2D eigenvalue weighted by atomic mass is 16.3. The van der Waals surface area contributed by atoms with Gasteiger partial charge in [0.1, 0.15) is 6.10 Å². The molecule has 3 heteroatoms. The monoisotopic (exact) mass is 226 g/mol. The minimum absolute atomic E-state index is 0.284. The van der Waals surface area contributed by atoms with E-state index in [1.807, 2.05) is 38.2 Å². The van der Waals surface area contributed by atoms with Crippen LogP contribution in [0.3, 0.4) is 0 Å². The highest BCUT2D eigenvalue weighted by molar-refractivity contribution is 5.83. The van der Waals surface area contributed by atoms with Crippen molar-refractivity contribution in [2.24, 2.45) is 0 Å². The Labute approximate surface area is 97.5 Å². The van der Waals surface area contributed by atoms with Crippen LogP contribution in [0, 0.1) is 0 Å². The third-order valence-electron chi connectivity index (χ3n) is 2.35. The van der Waals surface area contributed by atoms with Crippen molar-refractivity contribution in [3.05, 3.63) is 24.3 Å². The number of hydrogen-bond donors (Lipinski definition) is 2. The summed E-state index contributed by atoms with van der Waals surface area (Å²) in [4.78, 5) is 11.4. The maximum atomic E-state index is 11.4. The number of rotatable bonds is 8. The first-order chi connectivity index (χ1) is 7.63. The average molecular weight is 226 g/mol. The Hall–Kier alpha value is -0.930. The molecule has 0 aromatic carbocycles. The maximum absolute atomic E-state index is 11.4. The van der Waals surface area contributed by atoms with Crippen LogP contribution < -0.4 is 0 Å². The van der Waals surface area contributed by atoms with Crippen LogP contribution in [0.5, 0.6) is 0 Å². The zero-order chi connectivity index (χ0) is 12.4. The van der Waals surface area contributed by atoms with Gasteiger partial charge in [0.15, 0.2) is 5.78 Å². The van der Waals surface area contributed by atoms with E-state index in [2.05, 4.69) is 0 Å². The molecule has 16 heavy (non-hydrogen) atoms. The number of aliphatic hydroxyl groups is 2. The summed E-state index contributed by atoms with van der Waals surface area (Å²) >= 11 is 0. The number of aliphatic hydroxyl groups excluding tert-OH is 2. The van der Waals surface area contributed by atoms with E-state index < -0.39 is 12.2 Å². The lowest BCUT2D eigenvalue weighted by Crippen LogP contribution is -2.33. The summed E-state index contributed by atoms with van der Waals surface area (Å²) in [5.41, 5.74) is 0. The van der Waals surface area contributed by atoms with Gasteiger partial charge in [0, 0.05) is 6.42 Å². The van der Waals surface area contributed by atoms with Gasteiger partial charge in [-0.15, -0.1) is 0 Å². The second-order valence-electron chi connectivity index (χ2n) is 3.73. The lowest BCUT2D eigenvalue weighted by Gasteiger charge is -2.15. The van der Waals surface area contributed by atoms with Gasteiger partial charge in [0.2, 0.25) is 0 Å².